The number of phenolic OH excluding ortho intramolecular Hbond substituents is 1. The van der Waals surface area contributed by atoms with Crippen molar-refractivity contribution in [3.05, 3.63) is 82.0 Å². The van der Waals surface area contributed by atoms with Gasteiger partial charge in [0.2, 0.25) is 5.88 Å². The summed E-state index contributed by atoms with van der Waals surface area (Å²) >= 11 is 12.0. The van der Waals surface area contributed by atoms with E-state index in [4.69, 9.17) is 57.1 Å². The van der Waals surface area contributed by atoms with Gasteiger partial charge in [-0.1, -0.05) is 47.5 Å². The Kier molecular flexibility index (Phi) is 14.0. The molecule has 0 aliphatic heterocycles. The lowest BCUT2D eigenvalue weighted by Gasteiger charge is -2.20. The zero-order valence-corrected chi connectivity index (χ0v) is 26.3. The number of benzene rings is 2. The molecule has 1 saturated carbocycles. The van der Waals surface area contributed by atoms with Gasteiger partial charge >= 0.3 is 11.9 Å². The molecule has 3 unspecified atom stereocenters. The summed E-state index contributed by atoms with van der Waals surface area (Å²) in [5.41, 5.74) is 1.63. The zero-order valence-electron chi connectivity index (χ0n) is 24.8. The molecule has 238 valence electrons. The van der Waals surface area contributed by atoms with E-state index in [1.54, 1.807) is 37.3 Å². The number of carbonyl (C=O) groups is 2. The lowest BCUT2D eigenvalue weighted by atomic mass is 10.1. The smallest absolute Gasteiger partial charge is 0.308 e. The number of pyridine rings is 1. The topological polar surface area (TPSA) is 134 Å². The van der Waals surface area contributed by atoms with Crippen molar-refractivity contribution in [2.45, 2.75) is 50.9 Å². The van der Waals surface area contributed by atoms with Crippen molar-refractivity contribution in [2.24, 2.45) is 5.92 Å². The van der Waals surface area contributed by atoms with Crippen LogP contribution in [0.2, 0.25) is 10.0 Å². The van der Waals surface area contributed by atoms with Crippen LogP contribution >= 0.6 is 23.2 Å². The summed E-state index contributed by atoms with van der Waals surface area (Å²) in [6.45, 7) is 2.45. The fourth-order valence-electron chi connectivity index (χ4n) is 4.23. The Morgan fingerprint density at radius 1 is 0.955 bits per heavy atom. The maximum atomic E-state index is 11.3. The number of carbonyl (C=O) groups excluding carboxylic acids is 1. The molecule has 2 aromatic carbocycles. The first-order valence-corrected chi connectivity index (χ1v) is 14.8. The molecule has 0 radical (unpaired) electrons. The van der Waals surface area contributed by atoms with Crippen molar-refractivity contribution in [3.8, 4) is 17.4 Å². The van der Waals surface area contributed by atoms with E-state index in [-0.39, 0.29) is 36.8 Å². The molecule has 1 heterocycles. The maximum absolute atomic E-state index is 11.3. The normalized spacial score (nSPS) is 14.4. The Labute approximate surface area is 266 Å². The van der Waals surface area contributed by atoms with Crippen LogP contribution in [-0.4, -0.2) is 60.7 Å². The van der Waals surface area contributed by atoms with E-state index in [1.165, 1.54) is 20.4 Å². The van der Waals surface area contributed by atoms with Crippen molar-refractivity contribution >= 4 is 35.1 Å². The standard InChI is InChI=1S/C20H21Cl2NO5.C12H16O4/c1-26-17(9-19(24)25)12-4-6-15(7-5-12)28-18(13-2-3-13)11-27-20-16(22)8-14(21)10-23-20;1-3-16-12(14)8-11(15-2)9-4-6-10(13)7-5-9/h4-8,10,13,17-18H,2-3,9,11H2,1H3,(H,24,25);4-7,11,13H,3,8H2,1-2H3. The molecule has 0 spiro atoms. The number of rotatable bonds is 15. The zero-order chi connectivity index (χ0) is 32.1. The Bertz CT molecular complexity index is 1330. The number of phenols is 1. The number of aromatic nitrogens is 1. The molecule has 10 nitrogen and oxygen atoms in total. The Hall–Kier alpha value is -3.57. The summed E-state index contributed by atoms with van der Waals surface area (Å²) in [7, 11) is 3.03. The van der Waals surface area contributed by atoms with Crippen LogP contribution in [0.15, 0.2) is 60.8 Å². The van der Waals surface area contributed by atoms with Gasteiger partial charge in [0.05, 0.1) is 36.7 Å². The second kappa shape index (κ2) is 17.7. The van der Waals surface area contributed by atoms with E-state index < -0.39 is 12.1 Å². The molecule has 1 aliphatic carbocycles. The minimum atomic E-state index is -0.910. The van der Waals surface area contributed by atoms with Gasteiger partial charge in [-0.3, -0.25) is 9.59 Å². The fourth-order valence-corrected chi connectivity index (χ4v) is 4.67. The third-order valence-electron chi connectivity index (χ3n) is 6.70. The van der Waals surface area contributed by atoms with E-state index in [0.717, 1.165) is 24.0 Å². The molecule has 0 saturated heterocycles. The summed E-state index contributed by atoms with van der Waals surface area (Å²) in [6.07, 6.45) is 2.77. The number of nitrogens with zero attached hydrogens (tertiary/aromatic N) is 1. The highest BCUT2D eigenvalue weighted by Crippen LogP contribution is 2.36. The molecule has 3 aromatic rings. The number of carboxylic acid groups (broad SMARTS) is 1. The number of aromatic hydroxyl groups is 1. The van der Waals surface area contributed by atoms with Crippen LogP contribution in [0.3, 0.4) is 0 Å². The minimum absolute atomic E-state index is 0.0932. The molecular formula is C32H37Cl2NO9. The van der Waals surface area contributed by atoms with Gasteiger partial charge in [0, 0.05) is 20.4 Å². The van der Waals surface area contributed by atoms with Gasteiger partial charge in [-0.2, -0.15) is 0 Å². The summed E-state index contributed by atoms with van der Waals surface area (Å²) < 4.78 is 27.1. The van der Waals surface area contributed by atoms with Crippen LogP contribution < -0.4 is 9.47 Å². The molecule has 0 amide bonds. The van der Waals surface area contributed by atoms with Crippen molar-refractivity contribution in [2.75, 3.05) is 27.4 Å². The van der Waals surface area contributed by atoms with E-state index in [2.05, 4.69) is 4.98 Å². The van der Waals surface area contributed by atoms with Gasteiger partial charge in [-0.05, 0) is 67.1 Å². The van der Waals surface area contributed by atoms with Crippen molar-refractivity contribution in [1.29, 1.82) is 0 Å². The van der Waals surface area contributed by atoms with Crippen LogP contribution in [0, 0.1) is 5.92 Å². The van der Waals surface area contributed by atoms with Gasteiger partial charge in [-0.25, -0.2) is 4.98 Å². The summed E-state index contributed by atoms with van der Waals surface area (Å²) in [4.78, 5) is 26.3. The average Bonchev–Trinajstić information content (AvgIpc) is 3.85. The van der Waals surface area contributed by atoms with E-state index in [9.17, 15) is 9.59 Å². The fraction of sp³-hybridized carbons (Fsp3) is 0.406. The number of carboxylic acids is 1. The van der Waals surface area contributed by atoms with Crippen LogP contribution in [-0.2, 0) is 23.8 Å². The van der Waals surface area contributed by atoms with Gasteiger partial charge < -0.3 is 33.9 Å². The molecule has 3 atom stereocenters. The highest BCUT2D eigenvalue weighted by atomic mass is 35.5. The molecular weight excluding hydrogens is 613 g/mol. The maximum Gasteiger partial charge on any atom is 0.308 e. The number of hydrogen-bond donors (Lipinski definition) is 2. The highest BCUT2D eigenvalue weighted by molar-refractivity contribution is 6.35. The van der Waals surface area contributed by atoms with E-state index >= 15 is 0 Å². The number of halogens is 2. The van der Waals surface area contributed by atoms with E-state index in [0.29, 0.717) is 40.8 Å². The monoisotopic (exact) mass is 649 g/mol. The number of esters is 1. The number of ether oxygens (including phenoxy) is 5. The minimum Gasteiger partial charge on any atom is -0.508 e. The Morgan fingerprint density at radius 2 is 1.55 bits per heavy atom. The summed E-state index contributed by atoms with van der Waals surface area (Å²) in [6, 6.07) is 15.4. The molecule has 12 heteroatoms. The Morgan fingerprint density at radius 3 is 2.07 bits per heavy atom. The van der Waals surface area contributed by atoms with Gasteiger partial charge in [-0.15, -0.1) is 0 Å². The quantitative estimate of drug-likeness (QED) is 0.169. The van der Waals surface area contributed by atoms with E-state index in [1.807, 2.05) is 24.3 Å². The number of hydrogen-bond acceptors (Lipinski definition) is 9. The number of methoxy groups -OCH3 is 2. The second-order valence-electron chi connectivity index (χ2n) is 9.96. The van der Waals surface area contributed by atoms with Crippen LogP contribution in [0.4, 0.5) is 0 Å². The molecule has 1 aromatic heterocycles. The van der Waals surface area contributed by atoms with Gasteiger partial charge in [0.25, 0.3) is 0 Å². The van der Waals surface area contributed by atoms with Crippen molar-refractivity contribution in [3.63, 3.8) is 0 Å². The van der Waals surface area contributed by atoms with Crippen LogP contribution in [0.5, 0.6) is 17.4 Å². The Balaban J connectivity index is 0.000000281. The molecule has 2 N–H and O–H groups in total. The van der Waals surface area contributed by atoms with Crippen molar-refractivity contribution in [1.82, 2.24) is 4.98 Å². The van der Waals surface area contributed by atoms with Crippen LogP contribution in [0.25, 0.3) is 0 Å². The number of aliphatic carboxylic acids is 1. The largest absolute Gasteiger partial charge is 0.508 e. The third kappa shape index (κ3) is 11.5. The first-order chi connectivity index (χ1) is 21.1. The lowest BCUT2D eigenvalue weighted by Crippen LogP contribution is -2.27. The second-order valence-corrected chi connectivity index (χ2v) is 10.8. The predicted octanol–water partition coefficient (Wildman–Crippen LogP) is 6.82. The first kappa shape index (κ1) is 34.9. The molecule has 1 aliphatic rings. The molecule has 44 heavy (non-hydrogen) atoms. The van der Waals surface area contributed by atoms with Crippen molar-refractivity contribution < 1.29 is 43.5 Å². The lowest BCUT2D eigenvalue weighted by molar-refractivity contribution is -0.146. The average molecular weight is 651 g/mol. The SMILES string of the molecule is CCOC(=O)CC(OC)c1ccc(O)cc1.COC(CC(=O)O)c1ccc(OC(COc2ncc(Cl)cc2Cl)C2CC2)cc1. The molecule has 1 fully saturated rings. The highest BCUT2D eigenvalue weighted by Gasteiger charge is 2.34. The van der Waals surface area contributed by atoms with Gasteiger partial charge in [0.1, 0.15) is 29.2 Å². The molecule has 0 bridgehead atoms. The van der Waals surface area contributed by atoms with Gasteiger partial charge in [0.15, 0.2) is 0 Å². The first-order valence-electron chi connectivity index (χ1n) is 14.1. The molecule has 4 rings (SSSR count). The van der Waals surface area contributed by atoms with Crippen LogP contribution in [0.1, 0.15) is 55.9 Å². The summed E-state index contributed by atoms with van der Waals surface area (Å²) in [5.74, 6) is 0.422. The predicted molar refractivity (Wildman–Crippen MR) is 164 cm³/mol. The summed E-state index contributed by atoms with van der Waals surface area (Å²) in [5, 5.41) is 18.9. The third-order valence-corrected chi connectivity index (χ3v) is 7.17.